The van der Waals surface area contributed by atoms with Gasteiger partial charge in [-0.25, -0.2) is 4.79 Å². The van der Waals surface area contributed by atoms with Gasteiger partial charge in [0.15, 0.2) is 0 Å². The minimum absolute atomic E-state index is 0.164. The zero-order valence-corrected chi connectivity index (χ0v) is 11.0. The number of rotatable bonds is 4. The molecule has 0 aliphatic rings. The van der Waals surface area contributed by atoms with Crippen molar-refractivity contribution in [2.45, 2.75) is 19.8 Å². The van der Waals surface area contributed by atoms with Crippen molar-refractivity contribution in [2.75, 3.05) is 0 Å². The maximum absolute atomic E-state index is 11.1. The number of hydrogen-bond acceptors (Lipinski definition) is 2. The van der Waals surface area contributed by atoms with Crippen molar-refractivity contribution in [2.24, 2.45) is 0 Å². The van der Waals surface area contributed by atoms with Gasteiger partial charge in [0, 0.05) is 0 Å². The monoisotopic (exact) mass is 256 g/mol. The van der Waals surface area contributed by atoms with Crippen LogP contribution in [0, 0.1) is 0 Å². The molecule has 0 atom stereocenters. The molecule has 0 heterocycles. The van der Waals surface area contributed by atoms with Crippen molar-refractivity contribution in [3.63, 3.8) is 0 Å². The standard InChI is InChI=1S/C16H16O3/c1-11(2)12-6-5-7-13(10-12)19-15-9-4-3-8-14(15)16(17)18/h3-11H,1-2H3,(H,17,18). The lowest BCUT2D eigenvalue weighted by Gasteiger charge is -2.11. The molecule has 0 amide bonds. The molecule has 3 nitrogen and oxygen atoms in total. The van der Waals surface area contributed by atoms with Crippen LogP contribution in [0.1, 0.15) is 35.7 Å². The molecule has 0 aromatic heterocycles. The molecule has 0 unspecified atom stereocenters. The lowest BCUT2D eigenvalue weighted by molar-refractivity contribution is 0.0694. The van der Waals surface area contributed by atoms with Crippen LogP contribution in [0.2, 0.25) is 0 Å². The van der Waals surface area contributed by atoms with Crippen LogP contribution in [0.25, 0.3) is 0 Å². The van der Waals surface area contributed by atoms with E-state index in [1.54, 1.807) is 18.2 Å². The maximum Gasteiger partial charge on any atom is 0.339 e. The smallest absolute Gasteiger partial charge is 0.339 e. The van der Waals surface area contributed by atoms with Gasteiger partial charge in [0.05, 0.1) is 0 Å². The lowest BCUT2D eigenvalue weighted by Crippen LogP contribution is -1.99. The van der Waals surface area contributed by atoms with Crippen molar-refractivity contribution < 1.29 is 14.6 Å². The quantitative estimate of drug-likeness (QED) is 0.887. The van der Waals surface area contributed by atoms with E-state index in [1.807, 2.05) is 24.3 Å². The van der Waals surface area contributed by atoms with Crippen LogP contribution in [0.4, 0.5) is 0 Å². The normalized spacial score (nSPS) is 10.5. The molecule has 0 aliphatic heterocycles. The molecular weight excluding hydrogens is 240 g/mol. The molecule has 98 valence electrons. The Hall–Kier alpha value is -2.29. The molecule has 0 saturated heterocycles. The maximum atomic E-state index is 11.1. The predicted molar refractivity (Wildman–Crippen MR) is 74.0 cm³/mol. The molecule has 0 bridgehead atoms. The average Bonchev–Trinajstić information content (AvgIpc) is 2.39. The molecule has 1 N–H and O–H groups in total. The van der Waals surface area contributed by atoms with Gasteiger partial charge >= 0.3 is 5.97 Å². The van der Waals surface area contributed by atoms with Crippen molar-refractivity contribution >= 4 is 5.97 Å². The Morgan fingerprint density at radius 1 is 1.11 bits per heavy atom. The van der Waals surface area contributed by atoms with Gasteiger partial charge in [-0.2, -0.15) is 0 Å². The number of carboxylic acid groups (broad SMARTS) is 1. The summed E-state index contributed by atoms with van der Waals surface area (Å²) in [5, 5.41) is 9.11. The highest BCUT2D eigenvalue weighted by molar-refractivity contribution is 5.90. The highest BCUT2D eigenvalue weighted by Crippen LogP contribution is 2.27. The van der Waals surface area contributed by atoms with Gasteiger partial charge in [-0.1, -0.05) is 38.1 Å². The summed E-state index contributed by atoms with van der Waals surface area (Å²) in [6.45, 7) is 4.20. The first-order chi connectivity index (χ1) is 9.08. The summed E-state index contributed by atoms with van der Waals surface area (Å²) in [5.41, 5.74) is 1.32. The number of benzene rings is 2. The molecule has 0 aliphatic carbocycles. The van der Waals surface area contributed by atoms with Crippen LogP contribution in [0.3, 0.4) is 0 Å². The van der Waals surface area contributed by atoms with Gasteiger partial charge < -0.3 is 9.84 Å². The Balaban J connectivity index is 2.31. The summed E-state index contributed by atoms with van der Waals surface area (Å²) in [4.78, 5) is 11.1. The minimum Gasteiger partial charge on any atom is -0.478 e. The summed E-state index contributed by atoms with van der Waals surface area (Å²) >= 11 is 0. The van der Waals surface area contributed by atoms with E-state index in [2.05, 4.69) is 13.8 Å². The first-order valence-electron chi connectivity index (χ1n) is 6.18. The fourth-order valence-corrected chi connectivity index (χ4v) is 1.80. The van der Waals surface area contributed by atoms with Crippen LogP contribution >= 0.6 is 0 Å². The van der Waals surface area contributed by atoms with Crippen LogP contribution in [0.15, 0.2) is 48.5 Å². The highest BCUT2D eigenvalue weighted by Gasteiger charge is 2.11. The molecule has 19 heavy (non-hydrogen) atoms. The molecular formula is C16H16O3. The van der Waals surface area contributed by atoms with E-state index >= 15 is 0 Å². The Morgan fingerprint density at radius 2 is 1.84 bits per heavy atom. The van der Waals surface area contributed by atoms with E-state index in [1.165, 1.54) is 6.07 Å². The molecule has 0 spiro atoms. The zero-order valence-electron chi connectivity index (χ0n) is 11.0. The summed E-state index contributed by atoms with van der Waals surface area (Å²) in [7, 11) is 0. The average molecular weight is 256 g/mol. The van der Waals surface area contributed by atoms with Gasteiger partial charge in [-0.3, -0.25) is 0 Å². The van der Waals surface area contributed by atoms with E-state index in [9.17, 15) is 4.79 Å². The molecule has 0 fully saturated rings. The predicted octanol–water partition coefficient (Wildman–Crippen LogP) is 4.30. The second kappa shape index (κ2) is 5.57. The van der Waals surface area contributed by atoms with E-state index in [4.69, 9.17) is 9.84 Å². The summed E-state index contributed by atoms with van der Waals surface area (Å²) in [6.07, 6.45) is 0. The molecule has 2 aromatic carbocycles. The third kappa shape index (κ3) is 3.13. The third-order valence-corrected chi connectivity index (χ3v) is 2.87. The highest BCUT2D eigenvalue weighted by atomic mass is 16.5. The Kier molecular flexibility index (Phi) is 3.85. The lowest BCUT2D eigenvalue weighted by atomic mass is 10.0. The Bertz CT molecular complexity index is 588. The summed E-state index contributed by atoms with van der Waals surface area (Å²) < 4.78 is 5.68. The third-order valence-electron chi connectivity index (χ3n) is 2.87. The number of para-hydroxylation sites is 1. The Morgan fingerprint density at radius 3 is 2.53 bits per heavy atom. The van der Waals surface area contributed by atoms with E-state index in [0.29, 0.717) is 17.4 Å². The van der Waals surface area contributed by atoms with Crippen molar-refractivity contribution in [1.29, 1.82) is 0 Å². The SMILES string of the molecule is CC(C)c1cccc(Oc2ccccc2C(=O)O)c1. The number of ether oxygens (including phenoxy) is 1. The van der Waals surface area contributed by atoms with Crippen molar-refractivity contribution in [3.05, 3.63) is 59.7 Å². The molecule has 0 saturated carbocycles. The zero-order chi connectivity index (χ0) is 13.8. The second-order valence-electron chi connectivity index (χ2n) is 4.63. The molecule has 0 radical (unpaired) electrons. The van der Waals surface area contributed by atoms with Gasteiger partial charge in [0.2, 0.25) is 0 Å². The first kappa shape index (κ1) is 13.1. The molecule has 2 aromatic rings. The van der Waals surface area contributed by atoms with Crippen LogP contribution in [-0.2, 0) is 0 Å². The van der Waals surface area contributed by atoms with Crippen LogP contribution < -0.4 is 4.74 Å². The minimum atomic E-state index is -0.990. The van der Waals surface area contributed by atoms with Gasteiger partial charge in [-0.15, -0.1) is 0 Å². The van der Waals surface area contributed by atoms with E-state index in [-0.39, 0.29) is 5.56 Å². The summed E-state index contributed by atoms with van der Waals surface area (Å²) in [5.74, 6) is 0.421. The van der Waals surface area contributed by atoms with Crippen LogP contribution in [-0.4, -0.2) is 11.1 Å². The van der Waals surface area contributed by atoms with Gasteiger partial charge in [0.25, 0.3) is 0 Å². The van der Waals surface area contributed by atoms with Crippen molar-refractivity contribution in [3.8, 4) is 11.5 Å². The number of aromatic carboxylic acids is 1. The van der Waals surface area contributed by atoms with Gasteiger partial charge in [-0.05, 0) is 35.7 Å². The number of carbonyl (C=O) groups is 1. The molecule has 3 heteroatoms. The molecule has 2 rings (SSSR count). The fourth-order valence-electron chi connectivity index (χ4n) is 1.80. The largest absolute Gasteiger partial charge is 0.478 e. The number of hydrogen-bond donors (Lipinski definition) is 1. The van der Waals surface area contributed by atoms with Crippen LogP contribution in [0.5, 0.6) is 11.5 Å². The summed E-state index contributed by atoms with van der Waals surface area (Å²) in [6, 6.07) is 14.3. The topological polar surface area (TPSA) is 46.5 Å². The van der Waals surface area contributed by atoms with Crippen molar-refractivity contribution in [1.82, 2.24) is 0 Å². The fraction of sp³-hybridized carbons (Fsp3) is 0.188. The van der Waals surface area contributed by atoms with E-state index < -0.39 is 5.97 Å². The Labute approximate surface area is 112 Å². The number of carboxylic acids is 1. The first-order valence-corrected chi connectivity index (χ1v) is 6.18. The second-order valence-corrected chi connectivity index (χ2v) is 4.63. The van der Waals surface area contributed by atoms with Gasteiger partial charge in [0.1, 0.15) is 17.1 Å². The van der Waals surface area contributed by atoms with E-state index in [0.717, 1.165) is 5.56 Å².